The standard InChI is InChI=1S/C28H30N6O4/c1-37-23-15-8-14-22(18-23)34(25(35)19-33-31-27(30-32-33)20-10-4-2-5-11-20)26(24-16-9-17-38-24)28(36)29-21-12-6-3-7-13-21/h2,4-5,8-11,14-18,21,26H,3,6-7,12-13,19H2,1H3,(H,29,36). The van der Waals surface area contributed by atoms with Crippen LogP contribution >= 0.6 is 0 Å². The zero-order valence-electron chi connectivity index (χ0n) is 21.2. The van der Waals surface area contributed by atoms with E-state index in [2.05, 4.69) is 20.7 Å². The predicted octanol–water partition coefficient (Wildman–Crippen LogP) is 4.17. The highest BCUT2D eigenvalue weighted by molar-refractivity contribution is 6.01. The maximum absolute atomic E-state index is 13.9. The van der Waals surface area contributed by atoms with E-state index in [4.69, 9.17) is 9.15 Å². The third-order valence-corrected chi connectivity index (χ3v) is 6.63. The fraction of sp³-hybridized carbons (Fsp3) is 0.321. The molecule has 0 bridgehead atoms. The molecule has 38 heavy (non-hydrogen) atoms. The molecular formula is C28H30N6O4. The van der Waals surface area contributed by atoms with Gasteiger partial charge in [0.05, 0.1) is 13.4 Å². The van der Waals surface area contributed by atoms with Crippen molar-refractivity contribution >= 4 is 17.5 Å². The number of ether oxygens (including phenoxy) is 1. The quantitative estimate of drug-likeness (QED) is 0.356. The number of aromatic nitrogens is 4. The molecule has 10 heteroatoms. The van der Waals surface area contributed by atoms with Gasteiger partial charge < -0.3 is 14.5 Å². The van der Waals surface area contributed by atoms with Gasteiger partial charge in [0.2, 0.25) is 5.82 Å². The fourth-order valence-electron chi connectivity index (χ4n) is 4.76. The Balaban J connectivity index is 1.48. The minimum atomic E-state index is -1.04. The number of hydrogen-bond acceptors (Lipinski definition) is 7. The largest absolute Gasteiger partial charge is 0.497 e. The van der Waals surface area contributed by atoms with Crippen molar-refractivity contribution in [1.29, 1.82) is 0 Å². The molecule has 1 aliphatic carbocycles. The van der Waals surface area contributed by atoms with Crippen LogP contribution in [0.15, 0.2) is 77.4 Å². The number of methoxy groups -OCH3 is 1. The van der Waals surface area contributed by atoms with E-state index in [1.54, 1.807) is 43.5 Å². The maximum Gasteiger partial charge on any atom is 0.251 e. The number of furan rings is 1. The summed E-state index contributed by atoms with van der Waals surface area (Å²) < 4.78 is 11.1. The van der Waals surface area contributed by atoms with Crippen LogP contribution in [0.25, 0.3) is 11.4 Å². The SMILES string of the molecule is COc1cccc(N(C(=O)Cn2nnc(-c3ccccc3)n2)C(C(=O)NC2CCCCC2)c2ccco2)c1. The molecule has 2 aromatic heterocycles. The predicted molar refractivity (Wildman–Crippen MR) is 140 cm³/mol. The van der Waals surface area contributed by atoms with Gasteiger partial charge in [0, 0.05) is 23.4 Å². The lowest BCUT2D eigenvalue weighted by molar-refractivity contribution is -0.128. The van der Waals surface area contributed by atoms with Gasteiger partial charge in [0.15, 0.2) is 6.04 Å². The molecule has 0 aliphatic heterocycles. The summed E-state index contributed by atoms with van der Waals surface area (Å²) in [4.78, 5) is 30.4. The number of amides is 2. The van der Waals surface area contributed by atoms with Crippen LogP contribution in [0.3, 0.4) is 0 Å². The Morgan fingerprint density at radius 1 is 1.08 bits per heavy atom. The van der Waals surface area contributed by atoms with Gasteiger partial charge in [-0.15, -0.1) is 10.2 Å². The van der Waals surface area contributed by atoms with Gasteiger partial charge in [-0.25, -0.2) is 0 Å². The smallest absolute Gasteiger partial charge is 0.251 e. The second-order valence-corrected chi connectivity index (χ2v) is 9.24. The lowest BCUT2D eigenvalue weighted by Gasteiger charge is -2.32. The van der Waals surface area contributed by atoms with Crippen molar-refractivity contribution < 1.29 is 18.7 Å². The molecule has 0 radical (unpaired) electrons. The van der Waals surface area contributed by atoms with Crippen molar-refractivity contribution in [1.82, 2.24) is 25.5 Å². The number of nitrogens with zero attached hydrogens (tertiary/aromatic N) is 5. The van der Waals surface area contributed by atoms with Crippen molar-refractivity contribution in [3.63, 3.8) is 0 Å². The van der Waals surface area contributed by atoms with Gasteiger partial charge in [-0.2, -0.15) is 4.80 Å². The summed E-state index contributed by atoms with van der Waals surface area (Å²) in [6, 6.07) is 18.8. The summed E-state index contributed by atoms with van der Waals surface area (Å²) in [5.74, 6) is 0.599. The number of nitrogens with one attached hydrogen (secondary N) is 1. The number of hydrogen-bond donors (Lipinski definition) is 1. The topological polar surface area (TPSA) is 115 Å². The van der Waals surface area contributed by atoms with Gasteiger partial charge in [0.1, 0.15) is 18.1 Å². The van der Waals surface area contributed by atoms with E-state index in [0.717, 1.165) is 37.7 Å². The summed E-state index contributed by atoms with van der Waals surface area (Å²) >= 11 is 0. The van der Waals surface area contributed by atoms with E-state index in [-0.39, 0.29) is 18.5 Å². The van der Waals surface area contributed by atoms with Crippen LogP contribution in [0.2, 0.25) is 0 Å². The van der Waals surface area contributed by atoms with Crippen LogP contribution in [0, 0.1) is 0 Å². The van der Waals surface area contributed by atoms with Crippen LogP contribution in [0.1, 0.15) is 43.9 Å². The van der Waals surface area contributed by atoms with Crippen molar-refractivity contribution in [3.8, 4) is 17.1 Å². The van der Waals surface area contributed by atoms with E-state index in [9.17, 15) is 9.59 Å². The van der Waals surface area contributed by atoms with Gasteiger partial charge in [-0.05, 0) is 42.3 Å². The highest BCUT2D eigenvalue weighted by atomic mass is 16.5. The van der Waals surface area contributed by atoms with Crippen molar-refractivity contribution in [2.24, 2.45) is 0 Å². The molecule has 1 N–H and O–H groups in total. The molecule has 2 aromatic carbocycles. The molecule has 1 aliphatic rings. The molecule has 5 rings (SSSR count). The first-order valence-corrected chi connectivity index (χ1v) is 12.8. The average Bonchev–Trinajstić information content (AvgIpc) is 3.65. The zero-order valence-corrected chi connectivity index (χ0v) is 21.2. The van der Waals surface area contributed by atoms with Gasteiger partial charge in [0.25, 0.3) is 11.8 Å². The van der Waals surface area contributed by atoms with E-state index >= 15 is 0 Å². The maximum atomic E-state index is 13.9. The second-order valence-electron chi connectivity index (χ2n) is 9.24. The van der Waals surface area contributed by atoms with Crippen LogP contribution in [-0.4, -0.2) is 45.2 Å². The van der Waals surface area contributed by atoms with Gasteiger partial charge >= 0.3 is 0 Å². The van der Waals surface area contributed by atoms with Crippen molar-refractivity contribution in [2.45, 2.75) is 50.7 Å². The minimum absolute atomic E-state index is 0.0568. The van der Waals surface area contributed by atoms with Crippen LogP contribution in [0.4, 0.5) is 5.69 Å². The molecule has 0 spiro atoms. The minimum Gasteiger partial charge on any atom is -0.497 e. The summed E-state index contributed by atoms with van der Waals surface area (Å²) in [7, 11) is 1.55. The number of anilines is 1. The monoisotopic (exact) mass is 514 g/mol. The van der Waals surface area contributed by atoms with Crippen LogP contribution in [-0.2, 0) is 16.1 Å². The van der Waals surface area contributed by atoms with Crippen LogP contribution in [0.5, 0.6) is 5.75 Å². The first kappa shape index (κ1) is 25.2. The molecule has 196 valence electrons. The zero-order chi connectivity index (χ0) is 26.3. The summed E-state index contributed by atoms with van der Waals surface area (Å²) in [6.45, 7) is -0.231. The van der Waals surface area contributed by atoms with E-state index in [1.807, 2.05) is 30.3 Å². The molecule has 0 saturated heterocycles. The number of tetrazole rings is 1. The number of benzene rings is 2. The first-order chi connectivity index (χ1) is 18.6. The molecule has 1 unspecified atom stereocenters. The summed E-state index contributed by atoms with van der Waals surface area (Å²) in [5, 5.41) is 15.7. The molecule has 1 fully saturated rings. The lowest BCUT2D eigenvalue weighted by Crippen LogP contribution is -2.48. The van der Waals surface area contributed by atoms with Crippen LogP contribution < -0.4 is 15.0 Å². The first-order valence-electron chi connectivity index (χ1n) is 12.8. The molecule has 2 heterocycles. The second kappa shape index (κ2) is 11.7. The number of rotatable bonds is 9. The van der Waals surface area contributed by atoms with E-state index < -0.39 is 11.9 Å². The van der Waals surface area contributed by atoms with E-state index in [1.165, 1.54) is 16.0 Å². The van der Waals surface area contributed by atoms with Gasteiger partial charge in [-0.1, -0.05) is 55.7 Å². The Kier molecular flexibility index (Phi) is 7.77. The molecule has 10 nitrogen and oxygen atoms in total. The third kappa shape index (κ3) is 5.74. The Morgan fingerprint density at radius 2 is 1.89 bits per heavy atom. The van der Waals surface area contributed by atoms with E-state index in [0.29, 0.717) is 23.0 Å². The fourth-order valence-corrected chi connectivity index (χ4v) is 4.76. The lowest BCUT2D eigenvalue weighted by atomic mass is 9.95. The Hall–Kier alpha value is -4.47. The third-order valence-electron chi connectivity index (χ3n) is 6.63. The number of carbonyl (C=O) groups excluding carboxylic acids is 2. The molecule has 4 aromatic rings. The Bertz CT molecular complexity index is 1350. The highest BCUT2D eigenvalue weighted by Gasteiger charge is 2.36. The van der Waals surface area contributed by atoms with Crippen molar-refractivity contribution in [2.75, 3.05) is 12.0 Å². The highest BCUT2D eigenvalue weighted by Crippen LogP contribution is 2.31. The molecule has 1 atom stereocenters. The van der Waals surface area contributed by atoms with Gasteiger partial charge in [-0.3, -0.25) is 14.5 Å². The summed E-state index contributed by atoms with van der Waals surface area (Å²) in [5.41, 5.74) is 1.27. The Morgan fingerprint density at radius 3 is 2.63 bits per heavy atom. The molecule has 2 amide bonds. The Labute approximate surface area is 220 Å². The molecule has 1 saturated carbocycles. The normalized spacial score (nSPS) is 14.6. The summed E-state index contributed by atoms with van der Waals surface area (Å²) in [6.07, 6.45) is 6.62. The molecular weight excluding hydrogens is 484 g/mol. The van der Waals surface area contributed by atoms with Crippen molar-refractivity contribution in [3.05, 3.63) is 78.8 Å². The average molecular weight is 515 g/mol. The number of carbonyl (C=O) groups is 2.